The number of aliphatic carboxylic acids is 1. The fraction of sp³-hybridized carbons (Fsp3) is 0.467. The van der Waals surface area contributed by atoms with Gasteiger partial charge in [0.05, 0.1) is 37.6 Å². The Morgan fingerprint density at radius 2 is 2.33 bits per heavy atom. The number of carbonyl (C=O) groups is 1. The third kappa shape index (κ3) is 2.93. The number of methoxy groups -OCH3 is 1. The third-order valence-corrected chi connectivity index (χ3v) is 3.74. The number of nitriles is 1. The highest BCUT2D eigenvalue weighted by Gasteiger charge is 2.38. The van der Waals surface area contributed by atoms with Gasteiger partial charge in [0.2, 0.25) is 0 Å². The van der Waals surface area contributed by atoms with Gasteiger partial charge in [0, 0.05) is 12.6 Å². The molecule has 0 amide bonds. The monoisotopic (exact) mass is 290 g/mol. The molecule has 1 aromatic rings. The number of hydrogen-bond donors (Lipinski definition) is 1. The first-order valence-corrected chi connectivity index (χ1v) is 6.77. The van der Waals surface area contributed by atoms with E-state index in [9.17, 15) is 15.2 Å². The molecule has 1 aliphatic heterocycles. The number of likely N-dealkylation sites (N-methyl/N-ethyl adjacent to an activating group) is 1. The second-order valence-corrected chi connectivity index (χ2v) is 4.83. The Morgan fingerprint density at radius 1 is 1.57 bits per heavy atom. The Morgan fingerprint density at radius 3 is 2.90 bits per heavy atom. The Kier molecular flexibility index (Phi) is 4.66. The largest absolute Gasteiger partial charge is 0.497 e. The van der Waals surface area contributed by atoms with Crippen molar-refractivity contribution < 1.29 is 19.4 Å². The van der Waals surface area contributed by atoms with Crippen LogP contribution >= 0.6 is 0 Å². The number of hydrogen-bond acceptors (Lipinski definition) is 5. The van der Waals surface area contributed by atoms with Crippen LogP contribution in [0.25, 0.3) is 0 Å². The smallest absolute Gasteiger partial charge is 0.311 e. The normalized spacial score (nSPS) is 20.8. The molecule has 21 heavy (non-hydrogen) atoms. The van der Waals surface area contributed by atoms with Crippen molar-refractivity contribution in [2.75, 3.05) is 31.8 Å². The van der Waals surface area contributed by atoms with Crippen molar-refractivity contribution in [3.63, 3.8) is 0 Å². The average Bonchev–Trinajstić information content (AvgIpc) is 2.97. The molecule has 2 rings (SSSR count). The molecular formula is C15H18N2O4. The van der Waals surface area contributed by atoms with E-state index >= 15 is 0 Å². The zero-order valence-electron chi connectivity index (χ0n) is 12.1. The van der Waals surface area contributed by atoms with Crippen LogP contribution in [0.15, 0.2) is 18.2 Å². The van der Waals surface area contributed by atoms with Gasteiger partial charge in [0.15, 0.2) is 0 Å². The molecule has 0 saturated carbocycles. The summed E-state index contributed by atoms with van der Waals surface area (Å²) in [6.45, 7) is 3.05. The van der Waals surface area contributed by atoms with Crippen molar-refractivity contribution >= 4 is 11.7 Å². The van der Waals surface area contributed by atoms with E-state index < -0.39 is 11.9 Å². The SMILES string of the molecule is CCN(c1cc(OC)ccc1C#N)C1COCC1C(=O)O. The van der Waals surface area contributed by atoms with E-state index in [0.717, 1.165) is 0 Å². The van der Waals surface area contributed by atoms with E-state index in [2.05, 4.69) is 6.07 Å². The number of anilines is 1. The molecule has 1 fully saturated rings. The van der Waals surface area contributed by atoms with Gasteiger partial charge in [-0.15, -0.1) is 0 Å². The standard InChI is InChI=1S/C15H18N2O4/c1-3-17(14-9-21-8-12(14)15(18)19)13-6-11(20-2)5-4-10(13)7-16/h4-6,12,14H,3,8-9H2,1-2H3,(H,18,19). The summed E-state index contributed by atoms with van der Waals surface area (Å²) < 4.78 is 10.5. The predicted molar refractivity (Wildman–Crippen MR) is 76.5 cm³/mol. The molecule has 1 aromatic carbocycles. The van der Waals surface area contributed by atoms with Crippen molar-refractivity contribution in [1.29, 1.82) is 5.26 Å². The summed E-state index contributed by atoms with van der Waals surface area (Å²) in [5.41, 5.74) is 1.18. The molecule has 0 aromatic heterocycles. The molecule has 1 heterocycles. The van der Waals surface area contributed by atoms with E-state index in [0.29, 0.717) is 30.2 Å². The Labute approximate surface area is 123 Å². The van der Waals surface area contributed by atoms with Gasteiger partial charge in [-0.25, -0.2) is 0 Å². The number of carboxylic acids is 1. The van der Waals surface area contributed by atoms with Gasteiger partial charge < -0.3 is 19.5 Å². The minimum absolute atomic E-state index is 0.197. The average molecular weight is 290 g/mol. The first-order chi connectivity index (χ1) is 10.1. The van der Waals surface area contributed by atoms with E-state index in [-0.39, 0.29) is 12.6 Å². The molecule has 6 heteroatoms. The predicted octanol–water partition coefficient (Wildman–Crippen LogP) is 1.49. The maximum absolute atomic E-state index is 11.3. The molecular weight excluding hydrogens is 272 g/mol. The van der Waals surface area contributed by atoms with Crippen LogP contribution < -0.4 is 9.64 Å². The first-order valence-electron chi connectivity index (χ1n) is 6.77. The number of ether oxygens (including phenoxy) is 2. The molecule has 0 radical (unpaired) electrons. The van der Waals surface area contributed by atoms with Crippen molar-refractivity contribution in [3.8, 4) is 11.8 Å². The number of nitrogens with zero attached hydrogens (tertiary/aromatic N) is 2. The maximum atomic E-state index is 11.3. The molecule has 1 aliphatic rings. The highest BCUT2D eigenvalue weighted by atomic mass is 16.5. The van der Waals surface area contributed by atoms with Crippen LogP contribution in [0.4, 0.5) is 5.69 Å². The molecule has 6 nitrogen and oxygen atoms in total. The van der Waals surface area contributed by atoms with E-state index in [4.69, 9.17) is 9.47 Å². The maximum Gasteiger partial charge on any atom is 0.311 e. The fourth-order valence-corrected chi connectivity index (χ4v) is 2.64. The molecule has 112 valence electrons. The molecule has 1 saturated heterocycles. The summed E-state index contributed by atoms with van der Waals surface area (Å²) in [5.74, 6) is -0.840. The van der Waals surface area contributed by atoms with E-state index in [1.807, 2.05) is 11.8 Å². The number of rotatable bonds is 5. The quantitative estimate of drug-likeness (QED) is 0.884. The Balaban J connectivity index is 2.41. The summed E-state index contributed by atoms with van der Waals surface area (Å²) in [6, 6.07) is 7.02. The van der Waals surface area contributed by atoms with Gasteiger partial charge in [0.25, 0.3) is 0 Å². The van der Waals surface area contributed by atoms with Crippen LogP contribution in [-0.4, -0.2) is 44.0 Å². The summed E-state index contributed by atoms with van der Waals surface area (Å²) in [7, 11) is 1.56. The van der Waals surface area contributed by atoms with Crippen LogP contribution in [0.1, 0.15) is 12.5 Å². The molecule has 0 spiro atoms. The van der Waals surface area contributed by atoms with Crippen LogP contribution in [0.3, 0.4) is 0 Å². The highest BCUT2D eigenvalue weighted by molar-refractivity contribution is 5.73. The highest BCUT2D eigenvalue weighted by Crippen LogP contribution is 2.31. The Bertz CT molecular complexity index is 567. The van der Waals surface area contributed by atoms with Gasteiger partial charge in [-0.1, -0.05) is 0 Å². The summed E-state index contributed by atoms with van der Waals surface area (Å²) in [5, 5.41) is 18.6. The molecule has 2 unspecified atom stereocenters. The van der Waals surface area contributed by atoms with Crippen LogP contribution in [0.5, 0.6) is 5.75 Å². The van der Waals surface area contributed by atoms with E-state index in [1.54, 1.807) is 25.3 Å². The van der Waals surface area contributed by atoms with Gasteiger partial charge in [0.1, 0.15) is 17.7 Å². The summed E-state index contributed by atoms with van der Waals surface area (Å²) in [6.07, 6.45) is 0. The summed E-state index contributed by atoms with van der Waals surface area (Å²) in [4.78, 5) is 13.3. The second kappa shape index (κ2) is 6.46. The van der Waals surface area contributed by atoms with Crippen molar-refractivity contribution in [1.82, 2.24) is 0 Å². The minimum atomic E-state index is -0.877. The number of carboxylic acid groups (broad SMARTS) is 1. The molecule has 2 atom stereocenters. The zero-order chi connectivity index (χ0) is 15.4. The third-order valence-electron chi connectivity index (χ3n) is 3.74. The van der Waals surface area contributed by atoms with Crippen LogP contribution in [0, 0.1) is 17.2 Å². The molecule has 0 aliphatic carbocycles. The fourth-order valence-electron chi connectivity index (χ4n) is 2.64. The second-order valence-electron chi connectivity index (χ2n) is 4.83. The van der Waals surface area contributed by atoms with Gasteiger partial charge in [-0.2, -0.15) is 5.26 Å². The Hall–Kier alpha value is -2.26. The minimum Gasteiger partial charge on any atom is -0.497 e. The van der Waals surface area contributed by atoms with Gasteiger partial charge in [-0.3, -0.25) is 4.79 Å². The lowest BCUT2D eigenvalue weighted by molar-refractivity contribution is -0.141. The van der Waals surface area contributed by atoms with Gasteiger partial charge >= 0.3 is 5.97 Å². The lowest BCUT2D eigenvalue weighted by Gasteiger charge is -2.32. The molecule has 0 bridgehead atoms. The lowest BCUT2D eigenvalue weighted by atomic mass is 10.0. The van der Waals surface area contributed by atoms with Gasteiger partial charge in [-0.05, 0) is 19.1 Å². The van der Waals surface area contributed by atoms with Crippen molar-refractivity contribution in [3.05, 3.63) is 23.8 Å². The first kappa shape index (κ1) is 15.1. The lowest BCUT2D eigenvalue weighted by Crippen LogP contribution is -2.43. The number of benzene rings is 1. The topological polar surface area (TPSA) is 82.8 Å². The van der Waals surface area contributed by atoms with Crippen LogP contribution in [-0.2, 0) is 9.53 Å². The van der Waals surface area contributed by atoms with Crippen LogP contribution in [0.2, 0.25) is 0 Å². The zero-order valence-corrected chi connectivity index (χ0v) is 12.1. The molecule has 1 N–H and O–H groups in total. The van der Waals surface area contributed by atoms with E-state index in [1.165, 1.54) is 0 Å². The van der Waals surface area contributed by atoms with Crippen molar-refractivity contribution in [2.24, 2.45) is 5.92 Å². The summed E-state index contributed by atoms with van der Waals surface area (Å²) >= 11 is 0. The van der Waals surface area contributed by atoms with Crippen molar-refractivity contribution in [2.45, 2.75) is 13.0 Å².